The van der Waals surface area contributed by atoms with Gasteiger partial charge in [0.2, 0.25) is 0 Å². The number of rotatable bonds is 8. The van der Waals surface area contributed by atoms with Crippen LogP contribution in [0.15, 0.2) is 72.8 Å². The van der Waals surface area contributed by atoms with Crippen LogP contribution < -0.4 is 10.6 Å². The van der Waals surface area contributed by atoms with E-state index in [0.29, 0.717) is 11.8 Å². The van der Waals surface area contributed by atoms with E-state index >= 15 is 0 Å². The standard InChI is InChI=1S/C26H32N2/c1-19(2)23-12-8-21(9-13-23)17-27-25-6-5-7-26(16-25)28-18-22-10-14-24(15-11-22)20(3)4/h5-16,19-20,27-28H,17-18H2,1-4H3. The molecular formula is C26H32N2. The molecule has 2 heteroatoms. The minimum atomic E-state index is 0.575. The maximum atomic E-state index is 3.53. The second-order valence-electron chi connectivity index (χ2n) is 8.08. The fourth-order valence-electron chi connectivity index (χ4n) is 3.19. The monoisotopic (exact) mass is 372 g/mol. The van der Waals surface area contributed by atoms with Crippen LogP contribution in [0, 0.1) is 0 Å². The zero-order valence-corrected chi connectivity index (χ0v) is 17.5. The molecule has 0 spiro atoms. The van der Waals surface area contributed by atoms with Gasteiger partial charge in [-0.3, -0.25) is 0 Å². The van der Waals surface area contributed by atoms with Gasteiger partial charge in [0, 0.05) is 24.5 Å². The summed E-state index contributed by atoms with van der Waals surface area (Å²) in [7, 11) is 0. The number of anilines is 2. The fourth-order valence-corrected chi connectivity index (χ4v) is 3.19. The molecule has 0 saturated heterocycles. The van der Waals surface area contributed by atoms with E-state index in [1.165, 1.54) is 22.3 Å². The lowest BCUT2D eigenvalue weighted by atomic mass is 10.0. The second kappa shape index (κ2) is 9.45. The Morgan fingerprint density at radius 2 is 0.964 bits per heavy atom. The molecule has 3 aromatic rings. The van der Waals surface area contributed by atoms with Gasteiger partial charge in [-0.2, -0.15) is 0 Å². The molecule has 146 valence electrons. The van der Waals surface area contributed by atoms with Gasteiger partial charge in [-0.25, -0.2) is 0 Å². The van der Waals surface area contributed by atoms with Crippen LogP contribution >= 0.6 is 0 Å². The normalized spacial score (nSPS) is 11.1. The zero-order chi connectivity index (χ0) is 19.9. The van der Waals surface area contributed by atoms with Gasteiger partial charge in [0.1, 0.15) is 0 Å². The molecular weight excluding hydrogens is 340 g/mol. The molecule has 0 radical (unpaired) electrons. The second-order valence-corrected chi connectivity index (χ2v) is 8.08. The molecule has 2 N–H and O–H groups in total. The topological polar surface area (TPSA) is 24.1 Å². The quantitative estimate of drug-likeness (QED) is 0.438. The number of hydrogen-bond acceptors (Lipinski definition) is 2. The highest BCUT2D eigenvalue weighted by atomic mass is 14.9. The van der Waals surface area contributed by atoms with Gasteiger partial charge in [-0.15, -0.1) is 0 Å². The van der Waals surface area contributed by atoms with Crippen LogP contribution in [0.3, 0.4) is 0 Å². The Hall–Kier alpha value is -2.74. The van der Waals surface area contributed by atoms with E-state index in [0.717, 1.165) is 24.5 Å². The Kier molecular flexibility index (Phi) is 6.76. The molecule has 0 aromatic heterocycles. The van der Waals surface area contributed by atoms with Crippen LogP contribution in [0.1, 0.15) is 61.8 Å². The van der Waals surface area contributed by atoms with Gasteiger partial charge in [0.05, 0.1) is 0 Å². The van der Waals surface area contributed by atoms with E-state index in [-0.39, 0.29) is 0 Å². The molecule has 28 heavy (non-hydrogen) atoms. The summed E-state index contributed by atoms with van der Waals surface area (Å²) in [6.07, 6.45) is 0. The first kappa shape index (κ1) is 20.0. The molecule has 0 aliphatic heterocycles. The molecule has 0 aliphatic carbocycles. The Morgan fingerprint density at radius 3 is 1.32 bits per heavy atom. The predicted molar refractivity (Wildman–Crippen MR) is 122 cm³/mol. The number of hydrogen-bond donors (Lipinski definition) is 2. The molecule has 0 fully saturated rings. The van der Waals surface area contributed by atoms with Crippen molar-refractivity contribution in [2.75, 3.05) is 10.6 Å². The van der Waals surface area contributed by atoms with Crippen molar-refractivity contribution in [1.29, 1.82) is 0 Å². The van der Waals surface area contributed by atoms with Gasteiger partial charge in [0.25, 0.3) is 0 Å². The number of benzene rings is 3. The smallest absolute Gasteiger partial charge is 0.0400 e. The van der Waals surface area contributed by atoms with Gasteiger partial charge >= 0.3 is 0 Å². The van der Waals surface area contributed by atoms with Crippen molar-refractivity contribution in [2.45, 2.75) is 52.6 Å². The summed E-state index contributed by atoms with van der Waals surface area (Å²) in [5, 5.41) is 7.06. The highest BCUT2D eigenvalue weighted by Gasteiger charge is 2.02. The zero-order valence-electron chi connectivity index (χ0n) is 17.5. The van der Waals surface area contributed by atoms with Crippen LogP contribution in [-0.4, -0.2) is 0 Å². The molecule has 3 aromatic carbocycles. The first-order valence-corrected chi connectivity index (χ1v) is 10.3. The van der Waals surface area contributed by atoms with Crippen molar-refractivity contribution in [3.05, 3.63) is 95.1 Å². The van der Waals surface area contributed by atoms with Crippen molar-refractivity contribution in [1.82, 2.24) is 0 Å². The van der Waals surface area contributed by atoms with Gasteiger partial charge in [-0.1, -0.05) is 82.3 Å². The molecule has 0 amide bonds. The summed E-state index contributed by atoms with van der Waals surface area (Å²) in [5.74, 6) is 1.15. The van der Waals surface area contributed by atoms with Gasteiger partial charge in [-0.05, 0) is 52.3 Å². The molecule has 0 saturated carbocycles. The summed E-state index contributed by atoms with van der Waals surface area (Å²) >= 11 is 0. The van der Waals surface area contributed by atoms with Crippen molar-refractivity contribution < 1.29 is 0 Å². The van der Waals surface area contributed by atoms with Crippen LogP contribution in [-0.2, 0) is 13.1 Å². The minimum Gasteiger partial charge on any atom is -0.381 e. The molecule has 0 bridgehead atoms. The summed E-state index contributed by atoms with van der Waals surface area (Å²) in [6, 6.07) is 26.3. The van der Waals surface area contributed by atoms with E-state index in [2.05, 4.69) is 111 Å². The maximum Gasteiger partial charge on any atom is 0.0400 e. The average Bonchev–Trinajstić information content (AvgIpc) is 2.71. The third kappa shape index (κ3) is 5.63. The highest BCUT2D eigenvalue weighted by Crippen LogP contribution is 2.19. The molecule has 0 unspecified atom stereocenters. The van der Waals surface area contributed by atoms with E-state index in [1.807, 2.05) is 0 Å². The third-order valence-electron chi connectivity index (χ3n) is 5.15. The van der Waals surface area contributed by atoms with Gasteiger partial charge < -0.3 is 10.6 Å². The Labute approximate surface area is 170 Å². The van der Waals surface area contributed by atoms with E-state index in [4.69, 9.17) is 0 Å². The van der Waals surface area contributed by atoms with E-state index < -0.39 is 0 Å². The van der Waals surface area contributed by atoms with Crippen molar-refractivity contribution in [3.63, 3.8) is 0 Å². The summed E-state index contributed by atoms with van der Waals surface area (Å²) in [4.78, 5) is 0. The largest absolute Gasteiger partial charge is 0.381 e. The lowest BCUT2D eigenvalue weighted by Gasteiger charge is -2.12. The third-order valence-corrected chi connectivity index (χ3v) is 5.15. The Balaban J connectivity index is 1.54. The highest BCUT2D eigenvalue weighted by molar-refractivity contribution is 5.57. The van der Waals surface area contributed by atoms with Crippen LogP contribution in [0.25, 0.3) is 0 Å². The molecule has 3 rings (SSSR count). The first-order chi connectivity index (χ1) is 13.5. The van der Waals surface area contributed by atoms with E-state index in [9.17, 15) is 0 Å². The van der Waals surface area contributed by atoms with E-state index in [1.54, 1.807) is 0 Å². The summed E-state index contributed by atoms with van der Waals surface area (Å²) in [5.41, 5.74) is 7.63. The van der Waals surface area contributed by atoms with Crippen LogP contribution in [0.4, 0.5) is 11.4 Å². The number of nitrogens with one attached hydrogen (secondary N) is 2. The lowest BCUT2D eigenvalue weighted by Crippen LogP contribution is -2.02. The van der Waals surface area contributed by atoms with Crippen LogP contribution in [0.5, 0.6) is 0 Å². The Bertz CT molecular complexity index is 791. The SMILES string of the molecule is CC(C)c1ccc(CNc2cccc(NCc3ccc(C(C)C)cc3)c2)cc1. The molecule has 0 atom stereocenters. The molecule has 2 nitrogen and oxygen atoms in total. The van der Waals surface area contributed by atoms with Crippen molar-refractivity contribution in [3.8, 4) is 0 Å². The first-order valence-electron chi connectivity index (χ1n) is 10.3. The average molecular weight is 373 g/mol. The minimum absolute atomic E-state index is 0.575. The Morgan fingerprint density at radius 1 is 0.571 bits per heavy atom. The lowest BCUT2D eigenvalue weighted by molar-refractivity contribution is 0.865. The predicted octanol–water partition coefficient (Wildman–Crippen LogP) is 7.16. The molecule has 0 aliphatic rings. The van der Waals surface area contributed by atoms with Crippen molar-refractivity contribution in [2.24, 2.45) is 0 Å². The fraction of sp³-hybridized carbons (Fsp3) is 0.308. The summed E-state index contributed by atoms with van der Waals surface area (Å²) in [6.45, 7) is 10.6. The van der Waals surface area contributed by atoms with Crippen LogP contribution in [0.2, 0.25) is 0 Å². The van der Waals surface area contributed by atoms with Crippen molar-refractivity contribution >= 4 is 11.4 Å². The van der Waals surface area contributed by atoms with Gasteiger partial charge in [0.15, 0.2) is 0 Å². The summed E-state index contributed by atoms with van der Waals surface area (Å²) < 4.78 is 0. The molecule has 0 heterocycles. The maximum absolute atomic E-state index is 3.53.